The summed E-state index contributed by atoms with van der Waals surface area (Å²) in [5.41, 5.74) is 2.64. The smallest absolute Gasteiger partial charge is 0.329 e. The van der Waals surface area contributed by atoms with Gasteiger partial charge in [0.15, 0.2) is 6.61 Å². The van der Waals surface area contributed by atoms with Gasteiger partial charge in [0, 0.05) is 41.3 Å². The van der Waals surface area contributed by atoms with Crippen molar-refractivity contribution in [1.29, 1.82) is 0 Å². The first-order chi connectivity index (χ1) is 21.1. The van der Waals surface area contributed by atoms with E-state index in [0.717, 1.165) is 5.56 Å². The normalized spacial score (nSPS) is 12.6. The molecule has 0 aliphatic heterocycles. The van der Waals surface area contributed by atoms with Gasteiger partial charge < -0.3 is 24.7 Å². The summed E-state index contributed by atoms with van der Waals surface area (Å²) >= 11 is 3.31. The summed E-state index contributed by atoms with van der Waals surface area (Å²) in [4.78, 5) is 37.9. The predicted molar refractivity (Wildman–Crippen MR) is 170 cm³/mol. The maximum atomic E-state index is 15.1. The minimum absolute atomic E-state index is 0.112. The highest BCUT2D eigenvalue weighted by molar-refractivity contribution is 9.10. The minimum Gasteiger partial charge on any atom is -0.493 e. The molecule has 0 saturated carbocycles. The van der Waals surface area contributed by atoms with Gasteiger partial charge in [-0.05, 0) is 54.4 Å². The fraction of sp³-hybridized carbons (Fsp3) is 0.242. The van der Waals surface area contributed by atoms with Crippen LogP contribution >= 0.6 is 15.9 Å². The van der Waals surface area contributed by atoms with E-state index >= 15 is 4.39 Å². The molecule has 228 valence electrons. The molecule has 0 aliphatic carbocycles. The van der Waals surface area contributed by atoms with Crippen molar-refractivity contribution >= 4 is 21.8 Å². The number of hydrogen-bond acceptors (Lipinski definition) is 5. The molecule has 0 unspecified atom stereocenters. The van der Waals surface area contributed by atoms with Crippen LogP contribution in [0.3, 0.4) is 0 Å². The Bertz CT molecular complexity index is 1830. The van der Waals surface area contributed by atoms with Crippen molar-refractivity contribution in [2.45, 2.75) is 32.2 Å². The van der Waals surface area contributed by atoms with Crippen molar-refractivity contribution in [3.05, 3.63) is 111 Å². The highest BCUT2D eigenvalue weighted by atomic mass is 79.9. The van der Waals surface area contributed by atoms with Gasteiger partial charge in [-0.25, -0.2) is 14.2 Å². The fourth-order valence-corrected chi connectivity index (χ4v) is 5.48. The second-order valence-corrected chi connectivity index (χ2v) is 11.6. The lowest BCUT2D eigenvalue weighted by Crippen LogP contribution is -2.27. The Kier molecular flexibility index (Phi) is 9.05. The first kappa shape index (κ1) is 30.8. The van der Waals surface area contributed by atoms with Crippen LogP contribution in [0.25, 0.3) is 22.5 Å². The quantitative estimate of drug-likeness (QED) is 0.163. The lowest BCUT2D eigenvalue weighted by Gasteiger charge is -2.24. The van der Waals surface area contributed by atoms with Gasteiger partial charge in [0.25, 0.3) is 5.91 Å². The van der Waals surface area contributed by atoms with E-state index in [9.17, 15) is 14.7 Å². The molecule has 0 spiro atoms. The van der Waals surface area contributed by atoms with Crippen LogP contribution in [0.2, 0.25) is 0 Å². The molecular weight excluding hydrogens is 629 g/mol. The van der Waals surface area contributed by atoms with Gasteiger partial charge >= 0.3 is 5.69 Å². The summed E-state index contributed by atoms with van der Waals surface area (Å²) in [7, 11) is 3.30. The first-order valence-corrected chi connectivity index (χ1v) is 14.9. The third-order valence-electron chi connectivity index (χ3n) is 7.60. The maximum absolute atomic E-state index is 15.1. The number of amides is 1. The summed E-state index contributed by atoms with van der Waals surface area (Å²) in [6.45, 7) is 3.78. The Morgan fingerprint density at radius 3 is 2.43 bits per heavy atom. The van der Waals surface area contributed by atoms with Crippen LogP contribution in [-0.2, 0) is 11.2 Å². The molecule has 0 aliphatic rings. The molecule has 2 heterocycles. The molecule has 0 bridgehead atoms. The molecule has 2 aromatic heterocycles. The molecule has 3 N–H and O–H groups in total. The molecule has 5 rings (SSSR count). The number of hydrogen-bond donors (Lipinski definition) is 3. The molecule has 9 nitrogen and oxygen atoms in total. The van der Waals surface area contributed by atoms with Crippen molar-refractivity contribution < 1.29 is 19.0 Å². The minimum atomic E-state index is -0.771. The monoisotopic (exact) mass is 661 g/mol. The highest BCUT2D eigenvalue weighted by Gasteiger charge is 2.32. The second kappa shape index (κ2) is 12.9. The number of halogens is 2. The standard InChI is InChI=1S/C33H33BrFN5O4/c1-5-26-29(24-16-13-22(34)17-25(24)35)37-31(36-26)30(19(2)20-9-7-6-8-10-20)40-32(42)28(38-33(40)43)21-11-14-23(15-12-21)44-18-27(41)39(3)4/h6-17,19,30,42H,5,18H2,1-4H3,(H,36,37)(H,38,43)/t19-,30-/m0/s1. The molecule has 0 radical (unpaired) electrons. The number of aromatic nitrogens is 4. The zero-order chi connectivity index (χ0) is 31.5. The number of aromatic hydroxyl groups is 1. The summed E-state index contributed by atoms with van der Waals surface area (Å²) < 4.78 is 22.5. The Morgan fingerprint density at radius 1 is 1.09 bits per heavy atom. The number of likely N-dealkylation sites (N-methyl/N-ethyl adjacent to an activating group) is 1. The van der Waals surface area contributed by atoms with Crippen molar-refractivity contribution in [3.8, 4) is 34.1 Å². The number of carbonyl (C=O) groups excluding carboxylic acids is 1. The van der Waals surface area contributed by atoms with Gasteiger partial charge in [0.1, 0.15) is 29.1 Å². The van der Waals surface area contributed by atoms with Crippen LogP contribution < -0.4 is 10.4 Å². The zero-order valence-corrected chi connectivity index (χ0v) is 26.4. The van der Waals surface area contributed by atoms with Crippen molar-refractivity contribution in [1.82, 2.24) is 24.4 Å². The third kappa shape index (κ3) is 6.19. The van der Waals surface area contributed by atoms with E-state index in [0.29, 0.717) is 45.0 Å². The lowest BCUT2D eigenvalue weighted by molar-refractivity contribution is -0.130. The predicted octanol–water partition coefficient (Wildman–Crippen LogP) is 6.26. The average Bonchev–Trinajstić information content (AvgIpc) is 3.57. The van der Waals surface area contributed by atoms with Crippen LogP contribution in [0, 0.1) is 5.82 Å². The number of ether oxygens (including phenoxy) is 1. The van der Waals surface area contributed by atoms with Gasteiger partial charge in [-0.2, -0.15) is 0 Å². The van der Waals surface area contributed by atoms with Crippen LogP contribution in [0.1, 0.15) is 42.9 Å². The summed E-state index contributed by atoms with van der Waals surface area (Å²) in [5.74, 6) is -0.329. The van der Waals surface area contributed by atoms with E-state index in [4.69, 9.17) is 9.72 Å². The van der Waals surface area contributed by atoms with Crippen LogP contribution in [0.5, 0.6) is 11.6 Å². The van der Waals surface area contributed by atoms with Crippen LogP contribution in [-0.4, -0.2) is 56.1 Å². The SMILES string of the molecule is CCc1[nH]c([C@H]([C@@H](C)c2ccccc2)n2c(O)c(-c3ccc(OCC(=O)N(C)C)cc3)[nH]c2=O)nc1-c1ccc(Br)cc1F. The third-order valence-corrected chi connectivity index (χ3v) is 8.09. The zero-order valence-electron chi connectivity index (χ0n) is 24.8. The Morgan fingerprint density at radius 2 is 1.80 bits per heavy atom. The van der Waals surface area contributed by atoms with E-state index in [1.807, 2.05) is 44.2 Å². The van der Waals surface area contributed by atoms with E-state index in [2.05, 4.69) is 25.9 Å². The van der Waals surface area contributed by atoms with E-state index in [1.165, 1.54) is 15.5 Å². The van der Waals surface area contributed by atoms with Gasteiger partial charge in [-0.1, -0.05) is 60.1 Å². The summed E-state index contributed by atoms with van der Waals surface area (Å²) in [5, 5.41) is 11.6. The number of nitrogens with one attached hydrogen (secondary N) is 2. The van der Waals surface area contributed by atoms with Crippen molar-refractivity contribution in [3.63, 3.8) is 0 Å². The molecule has 5 aromatic rings. The van der Waals surface area contributed by atoms with E-state index in [-0.39, 0.29) is 30.0 Å². The molecule has 0 fully saturated rings. The Hall–Kier alpha value is -4.64. The molecule has 44 heavy (non-hydrogen) atoms. The summed E-state index contributed by atoms with van der Waals surface area (Å²) in [6.07, 6.45) is 0.540. The largest absolute Gasteiger partial charge is 0.493 e. The number of rotatable bonds is 10. The topological polar surface area (TPSA) is 116 Å². The van der Waals surface area contributed by atoms with Gasteiger partial charge in [-0.15, -0.1) is 0 Å². The van der Waals surface area contributed by atoms with Crippen LogP contribution in [0.4, 0.5) is 4.39 Å². The number of benzene rings is 3. The number of imidazole rings is 2. The van der Waals surface area contributed by atoms with Gasteiger partial charge in [-0.3, -0.25) is 9.36 Å². The van der Waals surface area contributed by atoms with Crippen molar-refractivity contribution in [2.24, 2.45) is 0 Å². The second-order valence-electron chi connectivity index (χ2n) is 10.7. The number of H-pyrrole nitrogens is 2. The molecule has 1 amide bonds. The molecular formula is C33H33BrFN5O4. The Balaban J connectivity index is 1.58. The number of aromatic amines is 2. The maximum Gasteiger partial charge on any atom is 0.329 e. The Labute approximate surface area is 262 Å². The van der Waals surface area contributed by atoms with E-state index in [1.54, 1.807) is 50.5 Å². The summed E-state index contributed by atoms with van der Waals surface area (Å²) in [6, 6.07) is 20.4. The van der Waals surface area contributed by atoms with Gasteiger partial charge in [0.05, 0.1) is 5.69 Å². The molecule has 11 heteroatoms. The number of aryl methyl sites for hydroxylation is 1. The fourth-order valence-electron chi connectivity index (χ4n) is 5.14. The lowest BCUT2D eigenvalue weighted by atomic mass is 9.92. The highest BCUT2D eigenvalue weighted by Crippen LogP contribution is 2.39. The number of nitrogens with zero attached hydrogens (tertiary/aromatic N) is 3. The average molecular weight is 663 g/mol. The first-order valence-electron chi connectivity index (χ1n) is 14.1. The van der Waals surface area contributed by atoms with Crippen molar-refractivity contribution in [2.75, 3.05) is 20.7 Å². The van der Waals surface area contributed by atoms with Gasteiger partial charge in [0.2, 0.25) is 5.88 Å². The number of carbonyl (C=O) groups is 1. The molecule has 0 saturated heterocycles. The molecule has 3 aromatic carbocycles. The molecule has 2 atom stereocenters. The van der Waals surface area contributed by atoms with E-state index < -0.39 is 17.5 Å². The van der Waals surface area contributed by atoms with Crippen LogP contribution in [0.15, 0.2) is 82.1 Å².